The van der Waals surface area contributed by atoms with Crippen molar-refractivity contribution in [3.63, 3.8) is 0 Å². The minimum absolute atomic E-state index is 0.00507. The Morgan fingerprint density at radius 1 is 0.441 bits per heavy atom. The van der Waals surface area contributed by atoms with Gasteiger partial charge in [0.1, 0.15) is 19.3 Å². The Labute approximate surface area is 358 Å². The standard InChI is InChI=1S/C45H87N5O9/c1-3-5-7-9-11-13-15-17-22-26-42(52)47-30-32-56-34-36-58-38-40(51)24-20-19-21-25-41(45(55)49-29-28-46)50-44(54)39-59-37-35-57-33-31-48-43(53)27-23-18-16-14-12-10-8-6-4-2/h41H,3-39,46H2,1-2H3,(H,47,52)(H,48,53)(H,49,55)(H,50,54). The second kappa shape index (κ2) is 44.9. The van der Waals surface area contributed by atoms with Crippen LogP contribution in [0.4, 0.5) is 0 Å². The van der Waals surface area contributed by atoms with Crippen LogP contribution in [0.15, 0.2) is 0 Å². The van der Waals surface area contributed by atoms with Crippen LogP contribution in [0.25, 0.3) is 0 Å². The summed E-state index contributed by atoms with van der Waals surface area (Å²) < 4.78 is 21.9. The second-order valence-electron chi connectivity index (χ2n) is 15.5. The minimum Gasteiger partial charge on any atom is -0.377 e. The number of ketones is 1. The third-order valence-electron chi connectivity index (χ3n) is 9.94. The van der Waals surface area contributed by atoms with Gasteiger partial charge in [-0.1, -0.05) is 129 Å². The predicted molar refractivity (Wildman–Crippen MR) is 235 cm³/mol. The van der Waals surface area contributed by atoms with Crippen molar-refractivity contribution in [2.75, 3.05) is 79.0 Å². The molecule has 0 aromatic rings. The van der Waals surface area contributed by atoms with E-state index < -0.39 is 11.9 Å². The lowest BCUT2D eigenvalue weighted by Gasteiger charge is -2.18. The molecule has 4 amide bonds. The molecule has 0 radical (unpaired) electrons. The molecule has 0 saturated heterocycles. The maximum absolute atomic E-state index is 12.7. The predicted octanol–water partition coefficient (Wildman–Crippen LogP) is 6.21. The van der Waals surface area contributed by atoms with E-state index in [0.29, 0.717) is 91.0 Å². The average molecular weight is 842 g/mol. The van der Waals surface area contributed by atoms with Crippen molar-refractivity contribution in [2.24, 2.45) is 5.73 Å². The summed E-state index contributed by atoms with van der Waals surface area (Å²) in [5.74, 6) is -0.622. The Hall–Kier alpha value is -2.65. The SMILES string of the molecule is CCCCCCCCCCCC(=O)NCCOCCOCC(=O)CCCCCC(NC(=O)COCCOCCNC(=O)CCCCCCCCCCC)C(=O)NCCN. The monoisotopic (exact) mass is 842 g/mol. The molecule has 346 valence electrons. The third kappa shape index (κ3) is 41.9. The summed E-state index contributed by atoms with van der Waals surface area (Å²) in [5, 5.41) is 11.2. The first-order valence-corrected chi connectivity index (χ1v) is 23.5. The number of Topliss-reactive ketones (excluding diaryl/α,β-unsaturated/α-hetero) is 1. The van der Waals surface area contributed by atoms with Crippen LogP contribution in [-0.4, -0.2) is 114 Å². The van der Waals surface area contributed by atoms with Crippen molar-refractivity contribution in [1.82, 2.24) is 21.3 Å². The van der Waals surface area contributed by atoms with E-state index in [1.165, 1.54) is 89.9 Å². The number of nitrogens with one attached hydrogen (secondary N) is 4. The molecule has 0 fully saturated rings. The Balaban J connectivity index is 3.88. The molecule has 0 rings (SSSR count). The highest BCUT2D eigenvalue weighted by atomic mass is 16.5. The van der Waals surface area contributed by atoms with Crippen molar-refractivity contribution >= 4 is 29.4 Å². The Kier molecular flexibility index (Phi) is 42.9. The molecular weight excluding hydrogens is 755 g/mol. The van der Waals surface area contributed by atoms with Crippen molar-refractivity contribution in [3.8, 4) is 0 Å². The number of hydrogen-bond acceptors (Lipinski definition) is 10. The molecule has 14 nitrogen and oxygen atoms in total. The zero-order chi connectivity index (χ0) is 43.3. The molecule has 0 aliphatic heterocycles. The highest BCUT2D eigenvalue weighted by Gasteiger charge is 2.20. The first-order valence-electron chi connectivity index (χ1n) is 23.5. The number of carbonyl (C=O) groups excluding carboxylic acids is 5. The molecule has 1 atom stereocenters. The fourth-order valence-corrected chi connectivity index (χ4v) is 6.43. The molecule has 0 aromatic heterocycles. The molecule has 0 aliphatic rings. The highest BCUT2D eigenvalue weighted by molar-refractivity contribution is 5.88. The van der Waals surface area contributed by atoms with E-state index in [4.69, 9.17) is 24.7 Å². The van der Waals surface area contributed by atoms with Gasteiger partial charge in [-0.2, -0.15) is 0 Å². The van der Waals surface area contributed by atoms with Crippen LogP contribution in [-0.2, 0) is 42.9 Å². The molecule has 1 unspecified atom stereocenters. The summed E-state index contributed by atoms with van der Waals surface area (Å²) in [4.78, 5) is 61.4. The van der Waals surface area contributed by atoms with E-state index >= 15 is 0 Å². The first-order chi connectivity index (χ1) is 28.8. The van der Waals surface area contributed by atoms with Crippen LogP contribution < -0.4 is 27.0 Å². The molecule has 6 N–H and O–H groups in total. The summed E-state index contributed by atoms with van der Waals surface area (Å²) in [7, 11) is 0. The van der Waals surface area contributed by atoms with Gasteiger partial charge in [0.2, 0.25) is 23.6 Å². The van der Waals surface area contributed by atoms with E-state index in [2.05, 4.69) is 35.1 Å². The second-order valence-corrected chi connectivity index (χ2v) is 15.5. The molecule has 0 aromatic carbocycles. The van der Waals surface area contributed by atoms with Gasteiger partial charge in [0, 0.05) is 45.4 Å². The quantitative estimate of drug-likeness (QED) is 0.0440. The highest BCUT2D eigenvalue weighted by Crippen LogP contribution is 2.12. The van der Waals surface area contributed by atoms with Crippen molar-refractivity contribution in [2.45, 2.75) is 180 Å². The molecule has 0 aliphatic carbocycles. The van der Waals surface area contributed by atoms with Gasteiger partial charge >= 0.3 is 0 Å². The number of ether oxygens (including phenoxy) is 4. The van der Waals surface area contributed by atoms with Crippen LogP contribution in [0.1, 0.15) is 174 Å². The maximum atomic E-state index is 12.7. The number of amides is 4. The molecule has 0 bridgehead atoms. The smallest absolute Gasteiger partial charge is 0.246 e. The van der Waals surface area contributed by atoms with Crippen LogP contribution >= 0.6 is 0 Å². The van der Waals surface area contributed by atoms with Gasteiger partial charge in [-0.3, -0.25) is 24.0 Å². The number of nitrogens with two attached hydrogens (primary N) is 1. The minimum atomic E-state index is -0.736. The summed E-state index contributed by atoms with van der Waals surface area (Å²) >= 11 is 0. The lowest BCUT2D eigenvalue weighted by atomic mass is 10.1. The van der Waals surface area contributed by atoms with Gasteiger partial charge in [0.25, 0.3) is 0 Å². The normalized spacial score (nSPS) is 11.6. The summed E-state index contributed by atoms with van der Waals surface area (Å²) in [5.41, 5.74) is 5.53. The van der Waals surface area contributed by atoms with Gasteiger partial charge in [-0.25, -0.2) is 0 Å². The average Bonchev–Trinajstić information content (AvgIpc) is 3.22. The van der Waals surface area contributed by atoms with E-state index in [0.717, 1.165) is 25.7 Å². The van der Waals surface area contributed by atoms with Crippen LogP contribution in [0, 0.1) is 0 Å². The molecule has 14 heteroatoms. The number of hydrogen-bond donors (Lipinski definition) is 5. The zero-order valence-corrected chi connectivity index (χ0v) is 37.5. The summed E-state index contributed by atoms with van der Waals surface area (Å²) in [6.45, 7) is 7.61. The summed E-state index contributed by atoms with van der Waals surface area (Å²) in [6.07, 6.45) is 25.9. The number of rotatable bonds is 46. The molecule has 0 saturated carbocycles. The van der Waals surface area contributed by atoms with E-state index in [9.17, 15) is 24.0 Å². The fraction of sp³-hybridized carbons (Fsp3) is 0.889. The maximum Gasteiger partial charge on any atom is 0.246 e. The third-order valence-corrected chi connectivity index (χ3v) is 9.94. The lowest BCUT2D eigenvalue weighted by molar-refractivity contribution is -0.132. The van der Waals surface area contributed by atoms with E-state index in [1.807, 2.05) is 0 Å². The zero-order valence-electron chi connectivity index (χ0n) is 37.5. The molecule has 0 heterocycles. The molecular formula is C45H87N5O9. The Morgan fingerprint density at radius 2 is 0.864 bits per heavy atom. The molecule has 59 heavy (non-hydrogen) atoms. The molecule has 0 spiro atoms. The van der Waals surface area contributed by atoms with Crippen molar-refractivity contribution in [1.29, 1.82) is 0 Å². The largest absolute Gasteiger partial charge is 0.377 e. The number of unbranched alkanes of at least 4 members (excludes halogenated alkanes) is 18. The van der Waals surface area contributed by atoms with Crippen LogP contribution in [0.2, 0.25) is 0 Å². The van der Waals surface area contributed by atoms with Crippen molar-refractivity contribution < 1.29 is 42.9 Å². The van der Waals surface area contributed by atoms with Gasteiger partial charge in [-0.15, -0.1) is 0 Å². The Bertz CT molecular complexity index is 1020. The van der Waals surface area contributed by atoms with Crippen LogP contribution in [0.5, 0.6) is 0 Å². The Morgan fingerprint density at radius 3 is 1.36 bits per heavy atom. The van der Waals surface area contributed by atoms with Gasteiger partial charge in [0.15, 0.2) is 5.78 Å². The first kappa shape index (κ1) is 56.4. The van der Waals surface area contributed by atoms with Gasteiger partial charge in [0.05, 0.1) is 39.6 Å². The van der Waals surface area contributed by atoms with E-state index in [-0.39, 0.29) is 56.5 Å². The van der Waals surface area contributed by atoms with E-state index in [1.54, 1.807) is 0 Å². The summed E-state index contributed by atoms with van der Waals surface area (Å²) in [6, 6.07) is -0.736. The topological polar surface area (TPSA) is 196 Å². The fourth-order valence-electron chi connectivity index (χ4n) is 6.43. The van der Waals surface area contributed by atoms with Crippen LogP contribution in [0.3, 0.4) is 0 Å². The van der Waals surface area contributed by atoms with Gasteiger partial charge < -0.3 is 45.9 Å². The van der Waals surface area contributed by atoms with Crippen molar-refractivity contribution in [3.05, 3.63) is 0 Å². The lowest BCUT2D eigenvalue weighted by Crippen LogP contribution is -2.48. The van der Waals surface area contributed by atoms with Gasteiger partial charge in [-0.05, 0) is 25.7 Å². The number of carbonyl (C=O) groups is 5.